The fourth-order valence-electron chi connectivity index (χ4n) is 5.98. The van der Waals surface area contributed by atoms with Crippen LogP contribution in [0, 0.1) is 0 Å². The number of phenols is 2. The first kappa shape index (κ1) is 26.4. The van der Waals surface area contributed by atoms with Gasteiger partial charge >= 0.3 is 5.69 Å². The average Bonchev–Trinajstić information content (AvgIpc) is 3.20. The SMILES string of the molecule is Cn1c(=O)n(C)c2cc([C@@H](CC(=O)N3CCCCC3)c3c(O)cc(O)c4c(=O)cc(-c5ccccc5)oc34)ccc21. The van der Waals surface area contributed by atoms with E-state index in [1.165, 1.54) is 10.6 Å². The molecule has 5 aromatic rings. The van der Waals surface area contributed by atoms with Crippen molar-refractivity contribution in [1.29, 1.82) is 0 Å². The summed E-state index contributed by atoms with van der Waals surface area (Å²) in [6, 6.07) is 17.0. The molecule has 0 saturated carbocycles. The van der Waals surface area contributed by atoms with Gasteiger partial charge in [0.05, 0.1) is 11.0 Å². The maximum absolute atomic E-state index is 13.7. The second kappa shape index (κ2) is 10.3. The van der Waals surface area contributed by atoms with Crippen LogP contribution in [0.2, 0.25) is 0 Å². The van der Waals surface area contributed by atoms with E-state index in [2.05, 4.69) is 0 Å². The van der Waals surface area contributed by atoms with Gasteiger partial charge < -0.3 is 19.5 Å². The van der Waals surface area contributed by atoms with Crippen LogP contribution in [0.5, 0.6) is 11.5 Å². The van der Waals surface area contributed by atoms with Crippen molar-refractivity contribution in [1.82, 2.24) is 14.0 Å². The van der Waals surface area contributed by atoms with Crippen molar-refractivity contribution in [3.05, 3.63) is 92.5 Å². The standard InChI is InChI=1S/C32H31N3O6/c1-33-22-12-11-20(15-23(22)34(2)32(33)40)21(16-28(39)35-13-7-4-8-14-35)29-24(36)17-25(37)30-26(38)18-27(41-31(29)30)19-9-5-3-6-10-19/h3,5-6,9-12,15,17-18,21,36-37H,4,7-8,13-14,16H2,1-2H3/t21-/m1/s1. The van der Waals surface area contributed by atoms with Crippen molar-refractivity contribution in [2.45, 2.75) is 31.6 Å². The summed E-state index contributed by atoms with van der Waals surface area (Å²) in [7, 11) is 3.38. The van der Waals surface area contributed by atoms with Crippen LogP contribution in [0.3, 0.4) is 0 Å². The lowest BCUT2D eigenvalue weighted by Crippen LogP contribution is -2.36. The number of imidazole rings is 1. The number of carbonyl (C=O) groups excluding carboxylic acids is 1. The van der Waals surface area contributed by atoms with Crippen LogP contribution in [-0.4, -0.2) is 43.2 Å². The van der Waals surface area contributed by atoms with Gasteiger partial charge in [0.2, 0.25) is 5.91 Å². The number of hydrogen-bond acceptors (Lipinski definition) is 6. The molecule has 1 fully saturated rings. The van der Waals surface area contributed by atoms with E-state index in [9.17, 15) is 24.6 Å². The molecule has 0 aliphatic carbocycles. The Balaban J connectivity index is 1.60. The van der Waals surface area contributed by atoms with Crippen molar-refractivity contribution < 1.29 is 19.4 Å². The molecule has 0 unspecified atom stereocenters. The van der Waals surface area contributed by atoms with Crippen molar-refractivity contribution in [2.24, 2.45) is 14.1 Å². The van der Waals surface area contributed by atoms with Gasteiger partial charge in [0.1, 0.15) is 28.2 Å². The van der Waals surface area contributed by atoms with Gasteiger partial charge in [-0.3, -0.25) is 18.7 Å². The van der Waals surface area contributed by atoms with Crippen molar-refractivity contribution >= 4 is 27.9 Å². The number of rotatable bonds is 5. The lowest BCUT2D eigenvalue weighted by molar-refractivity contribution is -0.132. The molecule has 1 saturated heterocycles. The Hall–Kier alpha value is -4.79. The van der Waals surface area contributed by atoms with Crippen LogP contribution in [-0.2, 0) is 18.9 Å². The van der Waals surface area contributed by atoms with Gasteiger partial charge in [0.15, 0.2) is 5.43 Å². The summed E-state index contributed by atoms with van der Waals surface area (Å²) in [5.74, 6) is -1.24. The van der Waals surface area contributed by atoms with E-state index < -0.39 is 17.1 Å². The van der Waals surface area contributed by atoms with Gasteiger partial charge in [-0.05, 0) is 37.0 Å². The zero-order chi connectivity index (χ0) is 28.8. The number of aryl methyl sites for hydroxylation is 2. The summed E-state index contributed by atoms with van der Waals surface area (Å²) in [4.78, 5) is 41.5. The molecule has 1 atom stereocenters. The third-order valence-corrected chi connectivity index (χ3v) is 8.19. The van der Waals surface area contributed by atoms with Crippen LogP contribution in [0.15, 0.2) is 74.7 Å². The van der Waals surface area contributed by atoms with Gasteiger partial charge in [-0.25, -0.2) is 4.79 Å². The summed E-state index contributed by atoms with van der Waals surface area (Å²) < 4.78 is 9.36. The smallest absolute Gasteiger partial charge is 0.328 e. The summed E-state index contributed by atoms with van der Waals surface area (Å²) >= 11 is 0. The number of fused-ring (bicyclic) bond motifs is 2. The summed E-state index contributed by atoms with van der Waals surface area (Å²) in [6.45, 7) is 1.32. The molecule has 9 nitrogen and oxygen atoms in total. The molecule has 1 amide bonds. The summed E-state index contributed by atoms with van der Waals surface area (Å²) in [5, 5.41) is 22.0. The van der Waals surface area contributed by atoms with E-state index in [0.29, 0.717) is 29.7 Å². The molecule has 0 spiro atoms. The summed E-state index contributed by atoms with van der Waals surface area (Å²) in [5.41, 5.74) is 2.31. The molecule has 3 aromatic carbocycles. The Labute approximate surface area is 235 Å². The topological polar surface area (TPSA) is 118 Å². The summed E-state index contributed by atoms with van der Waals surface area (Å²) in [6.07, 6.45) is 2.93. The minimum absolute atomic E-state index is 0.000995. The van der Waals surface area contributed by atoms with Gasteiger partial charge in [0.25, 0.3) is 0 Å². The molecule has 2 aromatic heterocycles. The second-order valence-electron chi connectivity index (χ2n) is 10.7. The number of benzene rings is 3. The highest BCUT2D eigenvalue weighted by Gasteiger charge is 2.30. The molecular formula is C32H31N3O6. The molecule has 41 heavy (non-hydrogen) atoms. The molecule has 210 valence electrons. The highest BCUT2D eigenvalue weighted by atomic mass is 16.3. The maximum atomic E-state index is 13.7. The number of hydrogen-bond donors (Lipinski definition) is 2. The second-order valence-corrected chi connectivity index (χ2v) is 10.7. The molecular weight excluding hydrogens is 522 g/mol. The quantitative estimate of drug-likeness (QED) is 0.329. The Morgan fingerprint density at radius 1 is 0.878 bits per heavy atom. The molecule has 1 aliphatic rings. The van der Waals surface area contributed by atoms with E-state index in [-0.39, 0.29) is 46.1 Å². The fourth-order valence-corrected chi connectivity index (χ4v) is 5.98. The number of amides is 1. The molecule has 9 heteroatoms. The van der Waals surface area contributed by atoms with Gasteiger partial charge in [0, 0.05) is 62.8 Å². The van der Waals surface area contributed by atoms with Gasteiger partial charge in [-0.15, -0.1) is 0 Å². The van der Waals surface area contributed by atoms with Crippen molar-refractivity contribution in [3.8, 4) is 22.8 Å². The van der Waals surface area contributed by atoms with Crippen molar-refractivity contribution in [3.63, 3.8) is 0 Å². The zero-order valence-corrected chi connectivity index (χ0v) is 23.0. The lowest BCUT2D eigenvalue weighted by Gasteiger charge is -2.29. The monoisotopic (exact) mass is 553 g/mol. The molecule has 0 radical (unpaired) electrons. The number of aromatic hydroxyl groups is 2. The van der Waals surface area contributed by atoms with Crippen LogP contribution >= 0.6 is 0 Å². The van der Waals surface area contributed by atoms with E-state index in [4.69, 9.17) is 4.42 Å². The number of piperidine rings is 1. The minimum atomic E-state index is -0.735. The largest absolute Gasteiger partial charge is 0.507 e. The van der Waals surface area contributed by atoms with Crippen LogP contribution in [0.1, 0.15) is 42.7 Å². The van der Waals surface area contributed by atoms with Gasteiger partial charge in [-0.2, -0.15) is 0 Å². The average molecular weight is 554 g/mol. The first-order valence-corrected chi connectivity index (χ1v) is 13.8. The van der Waals surface area contributed by atoms with E-state index in [1.807, 2.05) is 41.3 Å². The van der Waals surface area contributed by atoms with Crippen LogP contribution < -0.4 is 11.1 Å². The first-order chi connectivity index (χ1) is 19.7. The highest BCUT2D eigenvalue weighted by Crippen LogP contribution is 2.43. The number of nitrogens with zero attached hydrogens (tertiary/aromatic N) is 3. The Kier molecular flexibility index (Phi) is 6.65. The predicted molar refractivity (Wildman–Crippen MR) is 156 cm³/mol. The molecule has 3 heterocycles. The first-order valence-electron chi connectivity index (χ1n) is 13.8. The Morgan fingerprint density at radius 3 is 2.32 bits per heavy atom. The molecule has 2 N–H and O–H groups in total. The predicted octanol–water partition coefficient (Wildman–Crippen LogP) is 4.60. The van der Waals surface area contributed by atoms with Crippen LogP contribution in [0.25, 0.3) is 33.3 Å². The Bertz CT molecular complexity index is 1910. The van der Waals surface area contributed by atoms with Crippen molar-refractivity contribution in [2.75, 3.05) is 13.1 Å². The third-order valence-electron chi connectivity index (χ3n) is 8.19. The number of carbonyl (C=O) groups is 1. The number of phenolic OH excluding ortho intramolecular Hbond substituents is 2. The van der Waals surface area contributed by atoms with E-state index >= 15 is 0 Å². The minimum Gasteiger partial charge on any atom is -0.507 e. The molecule has 1 aliphatic heterocycles. The maximum Gasteiger partial charge on any atom is 0.328 e. The van der Waals surface area contributed by atoms with E-state index in [1.54, 1.807) is 30.8 Å². The zero-order valence-electron chi connectivity index (χ0n) is 23.0. The Morgan fingerprint density at radius 2 is 1.59 bits per heavy atom. The van der Waals surface area contributed by atoms with Gasteiger partial charge in [-0.1, -0.05) is 36.4 Å². The third kappa shape index (κ3) is 4.57. The number of likely N-dealkylation sites (tertiary alicyclic amines) is 1. The molecule has 0 bridgehead atoms. The fraction of sp³-hybridized carbons (Fsp3) is 0.281. The van der Waals surface area contributed by atoms with E-state index in [0.717, 1.165) is 30.8 Å². The highest BCUT2D eigenvalue weighted by molar-refractivity contribution is 5.91. The van der Waals surface area contributed by atoms with Crippen LogP contribution in [0.4, 0.5) is 0 Å². The normalized spacial score (nSPS) is 14.5. The molecule has 6 rings (SSSR count). The number of aromatic nitrogens is 2. The lowest BCUT2D eigenvalue weighted by atomic mass is 9.85.